The lowest BCUT2D eigenvalue weighted by atomic mass is 9.79. The molecular formula is C19H16N4O3. The van der Waals surface area contributed by atoms with E-state index in [4.69, 9.17) is 0 Å². The molecule has 4 N–H and O–H groups in total. The van der Waals surface area contributed by atoms with Crippen LogP contribution < -0.4 is 10.6 Å². The molecule has 0 radical (unpaired) electrons. The third-order valence-corrected chi connectivity index (χ3v) is 4.54. The lowest BCUT2D eigenvalue weighted by Gasteiger charge is -2.33. The summed E-state index contributed by atoms with van der Waals surface area (Å²) in [7, 11) is 0. The number of phenolic OH excluding ortho intramolecular Hbond substituents is 1. The van der Waals surface area contributed by atoms with Crippen molar-refractivity contribution in [3.8, 4) is 5.75 Å². The molecule has 0 aliphatic carbocycles. The van der Waals surface area contributed by atoms with Crippen LogP contribution in [0.2, 0.25) is 0 Å². The van der Waals surface area contributed by atoms with Crippen molar-refractivity contribution in [1.29, 1.82) is 0 Å². The van der Waals surface area contributed by atoms with Crippen LogP contribution in [0.5, 0.6) is 5.75 Å². The van der Waals surface area contributed by atoms with Crippen molar-refractivity contribution in [2.24, 2.45) is 0 Å². The largest absolute Gasteiger partial charge is 0.508 e. The minimum atomic E-state index is -1.15. The average Bonchev–Trinajstić information content (AvgIpc) is 2.97. The lowest BCUT2D eigenvalue weighted by molar-refractivity contribution is 0.186. The first-order chi connectivity index (χ1) is 12.6. The highest BCUT2D eigenvalue weighted by Gasteiger charge is 2.47. The van der Waals surface area contributed by atoms with Crippen LogP contribution in [-0.4, -0.2) is 26.3 Å². The summed E-state index contributed by atoms with van der Waals surface area (Å²) in [6.07, 6.45) is 3.13. The molecule has 7 heteroatoms. The number of aromatic hydroxyl groups is 1. The number of carboxylic acid groups (broad SMARTS) is 1. The molecule has 2 aromatic heterocycles. The van der Waals surface area contributed by atoms with Crippen molar-refractivity contribution >= 4 is 6.09 Å². The van der Waals surface area contributed by atoms with Gasteiger partial charge in [-0.25, -0.2) is 4.79 Å². The van der Waals surface area contributed by atoms with Crippen LogP contribution >= 0.6 is 0 Å². The number of hydrogen-bond donors (Lipinski definition) is 4. The predicted molar refractivity (Wildman–Crippen MR) is 93.5 cm³/mol. The Morgan fingerprint density at radius 3 is 2.62 bits per heavy atom. The second kappa shape index (κ2) is 6.12. The van der Waals surface area contributed by atoms with Crippen LogP contribution in [0.1, 0.15) is 28.6 Å². The molecule has 0 saturated carbocycles. The van der Waals surface area contributed by atoms with Gasteiger partial charge in [-0.3, -0.25) is 15.3 Å². The molecule has 130 valence electrons. The smallest absolute Gasteiger partial charge is 0.406 e. The first-order valence-corrected chi connectivity index (χ1v) is 8.04. The number of nitrogens with one attached hydrogen (secondary N) is 2. The van der Waals surface area contributed by atoms with Gasteiger partial charge in [0.05, 0.1) is 11.2 Å². The Morgan fingerprint density at radius 1 is 1.08 bits per heavy atom. The maximum absolute atomic E-state index is 11.3. The summed E-state index contributed by atoms with van der Waals surface area (Å²) >= 11 is 0. The van der Waals surface area contributed by atoms with E-state index in [1.165, 1.54) is 0 Å². The molecule has 0 spiro atoms. The summed E-state index contributed by atoms with van der Waals surface area (Å²) in [5, 5.41) is 25.1. The van der Waals surface area contributed by atoms with E-state index in [1.54, 1.807) is 36.8 Å². The van der Waals surface area contributed by atoms with Crippen molar-refractivity contribution in [1.82, 2.24) is 20.6 Å². The van der Waals surface area contributed by atoms with E-state index in [0.717, 1.165) is 16.7 Å². The number of carbonyl (C=O) groups is 1. The zero-order valence-electron chi connectivity index (χ0n) is 13.6. The molecule has 1 aromatic carbocycles. The van der Waals surface area contributed by atoms with Gasteiger partial charge in [0.25, 0.3) is 0 Å². The molecule has 1 aliphatic rings. The normalized spacial score (nSPS) is 21.2. The van der Waals surface area contributed by atoms with Gasteiger partial charge in [-0.2, -0.15) is 0 Å². The fourth-order valence-electron chi connectivity index (χ4n) is 3.54. The van der Waals surface area contributed by atoms with E-state index < -0.39 is 17.8 Å². The van der Waals surface area contributed by atoms with Crippen molar-refractivity contribution in [3.05, 3.63) is 89.5 Å². The maximum atomic E-state index is 11.3. The van der Waals surface area contributed by atoms with Gasteiger partial charge < -0.3 is 15.5 Å². The van der Waals surface area contributed by atoms with E-state index in [-0.39, 0.29) is 5.75 Å². The molecule has 1 amide bonds. The zero-order valence-corrected chi connectivity index (χ0v) is 13.6. The third kappa shape index (κ3) is 2.46. The van der Waals surface area contributed by atoms with Crippen LogP contribution in [0.3, 0.4) is 0 Å². The highest BCUT2D eigenvalue weighted by molar-refractivity contribution is 5.66. The second-order valence-electron chi connectivity index (χ2n) is 6.00. The average molecular weight is 348 g/mol. The second-order valence-corrected chi connectivity index (χ2v) is 6.00. The number of hydrogen-bond acceptors (Lipinski definition) is 5. The molecule has 0 saturated heterocycles. The standard InChI is InChI=1S/C19H16N4O3/c24-14-4-1-3-13(11-14)19(12-6-9-20-10-7-12)15-5-2-8-21-16(15)17(23-19)22-18(25)26/h1-11,17,22-24H,(H,25,26). The Balaban J connectivity index is 1.99. The number of benzene rings is 1. The Labute approximate surface area is 149 Å². The molecule has 1 aliphatic heterocycles. The molecule has 3 aromatic rings. The number of pyridine rings is 2. The summed E-state index contributed by atoms with van der Waals surface area (Å²) in [5.41, 5.74) is 2.17. The summed E-state index contributed by atoms with van der Waals surface area (Å²) < 4.78 is 0. The molecule has 2 atom stereocenters. The van der Waals surface area contributed by atoms with E-state index in [9.17, 15) is 15.0 Å². The van der Waals surface area contributed by atoms with E-state index in [0.29, 0.717) is 5.69 Å². The van der Waals surface area contributed by atoms with E-state index >= 15 is 0 Å². The monoisotopic (exact) mass is 348 g/mol. The van der Waals surface area contributed by atoms with E-state index in [2.05, 4.69) is 20.6 Å². The summed E-state index contributed by atoms with van der Waals surface area (Å²) in [5.74, 6) is 0.123. The van der Waals surface area contributed by atoms with Crippen molar-refractivity contribution < 1.29 is 15.0 Å². The Hall–Kier alpha value is -3.45. The van der Waals surface area contributed by atoms with Gasteiger partial charge >= 0.3 is 6.09 Å². The predicted octanol–water partition coefficient (Wildman–Crippen LogP) is 2.34. The fraction of sp³-hybridized carbons (Fsp3) is 0.105. The van der Waals surface area contributed by atoms with Gasteiger partial charge in [0.15, 0.2) is 0 Å². The van der Waals surface area contributed by atoms with Gasteiger partial charge in [-0.1, -0.05) is 18.2 Å². The Bertz CT molecular complexity index is 964. The molecule has 0 bridgehead atoms. The molecular weight excluding hydrogens is 332 g/mol. The number of rotatable bonds is 3. The van der Waals surface area contributed by atoms with Crippen LogP contribution in [-0.2, 0) is 5.54 Å². The van der Waals surface area contributed by atoms with Crippen molar-refractivity contribution in [2.45, 2.75) is 11.7 Å². The summed E-state index contributed by atoms with van der Waals surface area (Å²) in [6.45, 7) is 0. The van der Waals surface area contributed by atoms with E-state index in [1.807, 2.05) is 30.3 Å². The Morgan fingerprint density at radius 2 is 1.88 bits per heavy atom. The number of nitrogens with zero attached hydrogens (tertiary/aromatic N) is 2. The quantitative estimate of drug-likeness (QED) is 0.579. The highest BCUT2D eigenvalue weighted by Crippen LogP contribution is 2.45. The van der Waals surface area contributed by atoms with Crippen LogP contribution in [0, 0.1) is 0 Å². The minimum Gasteiger partial charge on any atom is -0.508 e. The van der Waals surface area contributed by atoms with Gasteiger partial charge in [0, 0.05) is 24.2 Å². The Kier molecular flexibility index (Phi) is 3.78. The van der Waals surface area contributed by atoms with Crippen LogP contribution in [0.15, 0.2) is 67.1 Å². The van der Waals surface area contributed by atoms with Crippen LogP contribution in [0.4, 0.5) is 4.79 Å². The zero-order chi connectivity index (χ0) is 18.1. The van der Waals surface area contributed by atoms with Crippen molar-refractivity contribution in [3.63, 3.8) is 0 Å². The SMILES string of the molecule is O=C(O)NC1NC(c2ccncc2)(c2cccc(O)c2)c2cccnc21. The fourth-order valence-corrected chi connectivity index (χ4v) is 3.54. The molecule has 3 heterocycles. The first-order valence-electron chi connectivity index (χ1n) is 8.04. The maximum Gasteiger partial charge on any atom is 0.406 e. The topological polar surface area (TPSA) is 107 Å². The number of aromatic nitrogens is 2. The molecule has 0 fully saturated rings. The minimum absolute atomic E-state index is 0.123. The summed E-state index contributed by atoms with van der Waals surface area (Å²) in [4.78, 5) is 19.8. The number of amides is 1. The van der Waals surface area contributed by atoms with Gasteiger partial charge in [-0.15, -0.1) is 0 Å². The third-order valence-electron chi connectivity index (χ3n) is 4.54. The summed E-state index contributed by atoms with van der Waals surface area (Å²) in [6, 6.07) is 14.3. The van der Waals surface area contributed by atoms with Gasteiger partial charge in [0.1, 0.15) is 11.9 Å². The first kappa shape index (κ1) is 16.0. The van der Waals surface area contributed by atoms with Gasteiger partial charge in [0.2, 0.25) is 0 Å². The molecule has 2 unspecified atom stereocenters. The highest BCUT2D eigenvalue weighted by atomic mass is 16.4. The van der Waals surface area contributed by atoms with Crippen molar-refractivity contribution in [2.75, 3.05) is 0 Å². The molecule has 4 rings (SSSR count). The molecule has 7 nitrogen and oxygen atoms in total. The van der Waals surface area contributed by atoms with Gasteiger partial charge in [-0.05, 0) is 41.5 Å². The number of phenols is 1. The molecule has 26 heavy (non-hydrogen) atoms. The van der Waals surface area contributed by atoms with Crippen LogP contribution in [0.25, 0.3) is 0 Å². The number of fused-ring (bicyclic) bond motifs is 1. The lowest BCUT2D eigenvalue weighted by Crippen LogP contribution is -2.45.